The van der Waals surface area contributed by atoms with Crippen molar-refractivity contribution in [1.29, 1.82) is 0 Å². The minimum Gasteiger partial charge on any atom is -0.462 e. The van der Waals surface area contributed by atoms with Crippen LogP contribution in [0.5, 0.6) is 0 Å². The Hall–Kier alpha value is -2.13. The molecule has 1 unspecified atom stereocenters. The maximum absolute atomic E-state index is 11.7. The summed E-state index contributed by atoms with van der Waals surface area (Å²) in [5.74, 6) is -0.261. The van der Waals surface area contributed by atoms with Gasteiger partial charge in [-0.05, 0) is 23.6 Å². The summed E-state index contributed by atoms with van der Waals surface area (Å²) < 4.78 is 5.21. The average Bonchev–Trinajstić information content (AvgIpc) is 2.49. The molecule has 0 amide bonds. The van der Waals surface area contributed by atoms with Crippen LogP contribution in [-0.2, 0) is 16.0 Å². The van der Waals surface area contributed by atoms with Crippen LogP contribution < -0.4 is 0 Å². The van der Waals surface area contributed by atoms with Crippen molar-refractivity contribution >= 4 is 5.97 Å². The van der Waals surface area contributed by atoms with E-state index in [2.05, 4.69) is 12.1 Å². The standard InChI is InChI=1S/C18H20O3/c1-14(11-12-19)21-18(20)13-15-7-9-17(10-8-15)16-5-3-2-4-6-16/h2-10,14,19H,11-13H2,1H3. The van der Waals surface area contributed by atoms with Crippen molar-refractivity contribution in [2.75, 3.05) is 6.61 Å². The number of carbonyl (C=O) groups is 1. The third-order valence-corrected chi connectivity index (χ3v) is 3.28. The molecular formula is C18H20O3. The summed E-state index contributed by atoms with van der Waals surface area (Å²) in [6.07, 6.45) is 0.481. The van der Waals surface area contributed by atoms with Crippen LogP contribution in [0.2, 0.25) is 0 Å². The molecule has 2 aromatic carbocycles. The molecule has 3 heteroatoms. The lowest BCUT2D eigenvalue weighted by molar-refractivity contribution is -0.147. The lowest BCUT2D eigenvalue weighted by Crippen LogP contribution is -2.17. The highest BCUT2D eigenvalue weighted by Crippen LogP contribution is 2.19. The number of aliphatic hydroxyl groups excluding tert-OH is 1. The summed E-state index contributed by atoms with van der Waals surface area (Å²) in [6, 6.07) is 18.0. The van der Waals surface area contributed by atoms with Crippen LogP contribution in [0.3, 0.4) is 0 Å². The number of hydrogen-bond donors (Lipinski definition) is 1. The molecular weight excluding hydrogens is 264 g/mol. The molecule has 0 saturated heterocycles. The SMILES string of the molecule is CC(CCO)OC(=O)Cc1ccc(-c2ccccc2)cc1. The maximum Gasteiger partial charge on any atom is 0.310 e. The Morgan fingerprint density at radius 1 is 1.05 bits per heavy atom. The molecule has 2 aromatic rings. The average molecular weight is 284 g/mol. The molecule has 0 bridgehead atoms. The molecule has 2 rings (SSSR count). The van der Waals surface area contributed by atoms with Crippen molar-refractivity contribution in [3.05, 3.63) is 60.2 Å². The van der Waals surface area contributed by atoms with Crippen LogP contribution in [0.4, 0.5) is 0 Å². The molecule has 0 heterocycles. The molecule has 21 heavy (non-hydrogen) atoms. The zero-order valence-corrected chi connectivity index (χ0v) is 12.2. The van der Waals surface area contributed by atoms with Gasteiger partial charge in [0.15, 0.2) is 0 Å². The molecule has 0 spiro atoms. The van der Waals surface area contributed by atoms with Crippen molar-refractivity contribution in [3.8, 4) is 11.1 Å². The Kier molecular flexibility index (Phi) is 5.52. The van der Waals surface area contributed by atoms with E-state index in [-0.39, 0.29) is 25.1 Å². The van der Waals surface area contributed by atoms with E-state index >= 15 is 0 Å². The van der Waals surface area contributed by atoms with Crippen molar-refractivity contribution in [2.24, 2.45) is 0 Å². The minimum atomic E-state index is -0.261. The molecule has 3 nitrogen and oxygen atoms in total. The lowest BCUT2D eigenvalue weighted by atomic mass is 10.0. The van der Waals surface area contributed by atoms with Crippen LogP contribution in [0, 0.1) is 0 Å². The number of aliphatic hydroxyl groups is 1. The molecule has 1 N–H and O–H groups in total. The fourth-order valence-electron chi connectivity index (χ4n) is 2.12. The second-order valence-corrected chi connectivity index (χ2v) is 5.05. The van der Waals surface area contributed by atoms with Gasteiger partial charge in [0.25, 0.3) is 0 Å². The fourth-order valence-corrected chi connectivity index (χ4v) is 2.12. The van der Waals surface area contributed by atoms with Gasteiger partial charge in [0.1, 0.15) is 6.10 Å². The Morgan fingerprint density at radius 3 is 2.29 bits per heavy atom. The van der Waals surface area contributed by atoms with Gasteiger partial charge in [0.2, 0.25) is 0 Å². The van der Waals surface area contributed by atoms with Gasteiger partial charge in [0, 0.05) is 13.0 Å². The zero-order valence-electron chi connectivity index (χ0n) is 12.2. The summed E-state index contributed by atoms with van der Waals surface area (Å²) in [7, 11) is 0. The predicted molar refractivity (Wildman–Crippen MR) is 82.8 cm³/mol. The number of esters is 1. The summed E-state index contributed by atoms with van der Waals surface area (Å²) in [6.45, 7) is 1.81. The van der Waals surface area contributed by atoms with Crippen molar-refractivity contribution in [3.63, 3.8) is 0 Å². The van der Waals surface area contributed by atoms with E-state index in [0.717, 1.165) is 16.7 Å². The van der Waals surface area contributed by atoms with Gasteiger partial charge in [-0.1, -0.05) is 54.6 Å². The van der Waals surface area contributed by atoms with Crippen molar-refractivity contribution in [2.45, 2.75) is 25.9 Å². The van der Waals surface area contributed by atoms with Crippen molar-refractivity contribution in [1.82, 2.24) is 0 Å². The highest BCUT2D eigenvalue weighted by Gasteiger charge is 2.10. The lowest BCUT2D eigenvalue weighted by Gasteiger charge is -2.11. The molecule has 0 aliphatic carbocycles. The Morgan fingerprint density at radius 2 is 1.67 bits per heavy atom. The predicted octanol–water partition coefficient (Wildman–Crippen LogP) is 3.21. The first-order chi connectivity index (χ1) is 10.2. The number of carbonyl (C=O) groups excluding carboxylic acids is 1. The smallest absolute Gasteiger partial charge is 0.310 e. The second-order valence-electron chi connectivity index (χ2n) is 5.05. The quantitative estimate of drug-likeness (QED) is 0.829. The van der Waals surface area contributed by atoms with Crippen LogP contribution >= 0.6 is 0 Å². The van der Waals surface area contributed by atoms with Crippen LogP contribution in [0.1, 0.15) is 18.9 Å². The first-order valence-electron chi connectivity index (χ1n) is 7.13. The van der Waals surface area contributed by atoms with E-state index in [1.54, 1.807) is 6.92 Å². The van der Waals surface area contributed by atoms with Crippen LogP contribution in [0.15, 0.2) is 54.6 Å². The van der Waals surface area contributed by atoms with Gasteiger partial charge in [-0.3, -0.25) is 4.79 Å². The third-order valence-electron chi connectivity index (χ3n) is 3.28. The third kappa shape index (κ3) is 4.72. The van der Waals surface area contributed by atoms with E-state index < -0.39 is 0 Å². The van der Waals surface area contributed by atoms with E-state index in [0.29, 0.717) is 6.42 Å². The first kappa shape index (κ1) is 15.3. The monoisotopic (exact) mass is 284 g/mol. The normalized spacial score (nSPS) is 11.9. The molecule has 0 saturated carbocycles. The highest BCUT2D eigenvalue weighted by atomic mass is 16.5. The molecule has 1 atom stereocenters. The summed E-state index contributed by atoms with van der Waals surface area (Å²) in [4.78, 5) is 11.7. The van der Waals surface area contributed by atoms with E-state index in [1.165, 1.54) is 0 Å². The molecule has 0 fully saturated rings. The van der Waals surface area contributed by atoms with Gasteiger partial charge in [-0.25, -0.2) is 0 Å². The molecule has 0 aromatic heterocycles. The first-order valence-corrected chi connectivity index (χ1v) is 7.13. The summed E-state index contributed by atoms with van der Waals surface area (Å²) in [5.41, 5.74) is 3.21. The van der Waals surface area contributed by atoms with E-state index in [9.17, 15) is 4.79 Å². The molecule has 0 aliphatic rings. The Balaban J connectivity index is 1.95. The van der Waals surface area contributed by atoms with E-state index in [4.69, 9.17) is 9.84 Å². The second kappa shape index (κ2) is 7.60. The van der Waals surface area contributed by atoms with Crippen LogP contribution in [0.25, 0.3) is 11.1 Å². The Bertz CT molecular complexity index is 561. The van der Waals surface area contributed by atoms with Gasteiger partial charge in [0.05, 0.1) is 6.42 Å². The zero-order chi connectivity index (χ0) is 15.1. The van der Waals surface area contributed by atoms with Gasteiger partial charge in [-0.15, -0.1) is 0 Å². The van der Waals surface area contributed by atoms with Gasteiger partial charge in [-0.2, -0.15) is 0 Å². The molecule has 110 valence electrons. The van der Waals surface area contributed by atoms with Crippen LogP contribution in [-0.4, -0.2) is 23.8 Å². The van der Waals surface area contributed by atoms with Gasteiger partial charge >= 0.3 is 5.97 Å². The number of hydrogen-bond acceptors (Lipinski definition) is 3. The summed E-state index contributed by atoms with van der Waals surface area (Å²) >= 11 is 0. The minimum absolute atomic E-state index is 0.0280. The summed E-state index contributed by atoms with van der Waals surface area (Å²) in [5, 5.41) is 8.79. The Labute approximate surface area is 125 Å². The molecule has 0 radical (unpaired) electrons. The van der Waals surface area contributed by atoms with E-state index in [1.807, 2.05) is 42.5 Å². The molecule has 0 aliphatic heterocycles. The van der Waals surface area contributed by atoms with Crippen molar-refractivity contribution < 1.29 is 14.6 Å². The highest BCUT2D eigenvalue weighted by molar-refractivity contribution is 5.73. The maximum atomic E-state index is 11.7. The topological polar surface area (TPSA) is 46.5 Å². The largest absolute Gasteiger partial charge is 0.462 e. The fraction of sp³-hybridized carbons (Fsp3) is 0.278. The number of ether oxygens (including phenoxy) is 1. The number of rotatable bonds is 6. The van der Waals surface area contributed by atoms with Gasteiger partial charge < -0.3 is 9.84 Å². The number of benzene rings is 2.